The van der Waals surface area contributed by atoms with Crippen LogP contribution in [0, 0.1) is 5.92 Å². The largest absolute Gasteiger partial charge is 0.493 e. The summed E-state index contributed by atoms with van der Waals surface area (Å²) in [7, 11) is 1.86. The third-order valence-corrected chi connectivity index (χ3v) is 5.07. The highest BCUT2D eigenvalue weighted by Crippen LogP contribution is 2.32. The molecule has 1 unspecified atom stereocenters. The SMILES string of the molecule is Cl.Cn1nc(C2CCC(=O)NC2=O)c2cc(OC[C@@H]3CCNC3)ccc21. The molecule has 2 aliphatic rings. The Kier molecular flexibility index (Phi) is 5.48. The molecule has 1 aromatic carbocycles. The quantitative estimate of drug-likeness (QED) is 0.787. The number of carbonyl (C=O) groups excluding carboxylic acids is 2. The number of halogens is 1. The molecule has 1 aromatic heterocycles. The Bertz CT molecular complexity index is 829. The fraction of sp³-hybridized carbons (Fsp3) is 0.500. The van der Waals surface area contributed by atoms with E-state index in [4.69, 9.17) is 4.74 Å². The van der Waals surface area contributed by atoms with Gasteiger partial charge in [-0.3, -0.25) is 19.6 Å². The lowest BCUT2D eigenvalue weighted by molar-refractivity contribution is -0.134. The van der Waals surface area contributed by atoms with E-state index in [9.17, 15) is 9.59 Å². The van der Waals surface area contributed by atoms with E-state index in [1.165, 1.54) is 0 Å². The Hall–Kier alpha value is -2.12. The van der Waals surface area contributed by atoms with E-state index in [0.717, 1.165) is 41.9 Å². The summed E-state index contributed by atoms with van der Waals surface area (Å²) in [6.45, 7) is 2.73. The maximum Gasteiger partial charge on any atom is 0.235 e. The molecule has 0 aliphatic carbocycles. The second-order valence-electron chi connectivity index (χ2n) is 6.86. The second kappa shape index (κ2) is 7.63. The minimum Gasteiger partial charge on any atom is -0.493 e. The van der Waals surface area contributed by atoms with Gasteiger partial charge in [0.1, 0.15) is 5.75 Å². The summed E-state index contributed by atoms with van der Waals surface area (Å²) in [5, 5.41) is 11.2. The first-order chi connectivity index (χ1) is 12.1. The Labute approximate surface area is 157 Å². The monoisotopic (exact) mass is 378 g/mol. The number of rotatable bonds is 4. The molecule has 0 saturated carbocycles. The molecule has 2 saturated heterocycles. The standard InChI is InChI=1S/C18H22N4O3.ClH/c1-22-15-4-2-12(25-10-11-6-7-19-9-11)8-14(15)17(21-22)13-3-5-16(23)20-18(13)24;/h2,4,8,11,13,19H,3,5-7,9-10H2,1H3,(H,20,23,24);1H/t11-,13?;/m1./s1. The summed E-state index contributed by atoms with van der Waals surface area (Å²) in [6, 6.07) is 5.88. The van der Waals surface area contributed by atoms with E-state index < -0.39 is 5.92 Å². The maximum atomic E-state index is 12.2. The van der Waals surface area contributed by atoms with Crippen LogP contribution in [0.15, 0.2) is 18.2 Å². The van der Waals surface area contributed by atoms with Gasteiger partial charge in [0.25, 0.3) is 0 Å². The highest BCUT2D eigenvalue weighted by Gasteiger charge is 2.31. The zero-order valence-electron chi connectivity index (χ0n) is 14.7. The summed E-state index contributed by atoms with van der Waals surface area (Å²) in [6.07, 6.45) is 1.98. The van der Waals surface area contributed by atoms with Crippen molar-refractivity contribution in [1.29, 1.82) is 0 Å². The van der Waals surface area contributed by atoms with E-state index >= 15 is 0 Å². The summed E-state index contributed by atoms with van der Waals surface area (Å²) in [4.78, 5) is 23.6. The normalized spacial score (nSPS) is 23.0. The first-order valence-corrected chi connectivity index (χ1v) is 8.75. The lowest BCUT2D eigenvalue weighted by Crippen LogP contribution is -2.39. The fourth-order valence-electron chi connectivity index (χ4n) is 3.64. The van der Waals surface area contributed by atoms with E-state index in [1.807, 2.05) is 25.2 Å². The number of hydrogen-bond donors (Lipinski definition) is 2. The number of piperidine rings is 1. The summed E-state index contributed by atoms with van der Waals surface area (Å²) >= 11 is 0. The van der Waals surface area contributed by atoms with Crippen LogP contribution in [-0.4, -0.2) is 41.3 Å². The summed E-state index contributed by atoms with van der Waals surface area (Å²) < 4.78 is 7.74. The van der Waals surface area contributed by atoms with Crippen molar-refractivity contribution in [2.45, 2.75) is 25.2 Å². The fourth-order valence-corrected chi connectivity index (χ4v) is 3.64. The highest BCUT2D eigenvalue weighted by atomic mass is 35.5. The number of nitrogens with one attached hydrogen (secondary N) is 2. The topological polar surface area (TPSA) is 85.2 Å². The zero-order valence-corrected chi connectivity index (χ0v) is 15.5. The molecule has 2 fully saturated rings. The number of aromatic nitrogens is 2. The number of ether oxygens (including phenoxy) is 1. The van der Waals surface area contributed by atoms with Crippen LogP contribution in [0.25, 0.3) is 10.9 Å². The van der Waals surface area contributed by atoms with Crippen LogP contribution in [0.1, 0.15) is 30.9 Å². The Balaban J connectivity index is 0.00000196. The van der Waals surface area contributed by atoms with Gasteiger partial charge in [0, 0.05) is 31.3 Å². The third-order valence-electron chi connectivity index (χ3n) is 5.07. The van der Waals surface area contributed by atoms with Gasteiger partial charge in [-0.1, -0.05) is 0 Å². The van der Waals surface area contributed by atoms with Gasteiger partial charge in [0.2, 0.25) is 11.8 Å². The molecule has 7 nitrogen and oxygen atoms in total. The second-order valence-corrected chi connectivity index (χ2v) is 6.86. The van der Waals surface area contributed by atoms with Crippen molar-refractivity contribution in [2.24, 2.45) is 13.0 Å². The molecule has 2 amide bonds. The molecule has 2 aliphatic heterocycles. The number of carbonyl (C=O) groups is 2. The van der Waals surface area contributed by atoms with Crippen LogP contribution in [-0.2, 0) is 16.6 Å². The minimum atomic E-state index is -0.393. The molecule has 4 rings (SSSR count). The third kappa shape index (κ3) is 3.54. The predicted molar refractivity (Wildman–Crippen MR) is 99.6 cm³/mol. The molecule has 3 heterocycles. The number of nitrogens with zero attached hydrogens (tertiary/aromatic N) is 2. The number of imide groups is 1. The highest BCUT2D eigenvalue weighted by molar-refractivity contribution is 6.02. The first-order valence-electron chi connectivity index (χ1n) is 8.75. The van der Waals surface area contributed by atoms with Crippen molar-refractivity contribution >= 4 is 35.1 Å². The number of fused-ring (bicyclic) bond motifs is 1. The molecule has 2 N–H and O–H groups in total. The molecular weight excluding hydrogens is 356 g/mol. The Morgan fingerprint density at radius 2 is 2.15 bits per heavy atom. The minimum absolute atomic E-state index is 0. The van der Waals surface area contributed by atoms with Crippen molar-refractivity contribution < 1.29 is 14.3 Å². The van der Waals surface area contributed by atoms with Crippen LogP contribution in [0.2, 0.25) is 0 Å². The molecule has 140 valence electrons. The van der Waals surface area contributed by atoms with Gasteiger partial charge in [0.05, 0.1) is 23.7 Å². The van der Waals surface area contributed by atoms with Gasteiger partial charge in [-0.05, 0) is 37.6 Å². The molecule has 2 aromatic rings. The van der Waals surface area contributed by atoms with Crippen molar-refractivity contribution in [1.82, 2.24) is 20.4 Å². The molecular formula is C18H23ClN4O3. The van der Waals surface area contributed by atoms with Gasteiger partial charge in [0.15, 0.2) is 0 Å². The summed E-state index contributed by atoms with van der Waals surface area (Å²) in [5.74, 6) is 0.464. The van der Waals surface area contributed by atoms with Gasteiger partial charge in [-0.15, -0.1) is 12.4 Å². The molecule has 0 spiro atoms. The maximum absolute atomic E-state index is 12.2. The first kappa shape index (κ1) is 18.7. The molecule has 0 radical (unpaired) electrons. The van der Waals surface area contributed by atoms with Crippen LogP contribution in [0.4, 0.5) is 0 Å². The van der Waals surface area contributed by atoms with E-state index in [-0.39, 0.29) is 24.2 Å². The average molecular weight is 379 g/mol. The lowest BCUT2D eigenvalue weighted by Gasteiger charge is -2.19. The van der Waals surface area contributed by atoms with E-state index in [0.29, 0.717) is 25.4 Å². The smallest absolute Gasteiger partial charge is 0.235 e. The number of hydrogen-bond acceptors (Lipinski definition) is 5. The number of benzene rings is 1. The van der Waals surface area contributed by atoms with E-state index in [1.54, 1.807) is 4.68 Å². The lowest BCUT2D eigenvalue weighted by atomic mass is 9.93. The van der Waals surface area contributed by atoms with Crippen LogP contribution in [0.5, 0.6) is 5.75 Å². The van der Waals surface area contributed by atoms with Crippen molar-refractivity contribution in [3.63, 3.8) is 0 Å². The molecule has 2 atom stereocenters. The average Bonchev–Trinajstić information content (AvgIpc) is 3.21. The summed E-state index contributed by atoms with van der Waals surface area (Å²) in [5.41, 5.74) is 1.67. The number of amides is 2. The van der Waals surface area contributed by atoms with Gasteiger partial charge in [-0.25, -0.2) is 0 Å². The Morgan fingerprint density at radius 3 is 2.88 bits per heavy atom. The predicted octanol–water partition coefficient (Wildman–Crippen LogP) is 1.50. The van der Waals surface area contributed by atoms with Crippen LogP contribution >= 0.6 is 12.4 Å². The van der Waals surface area contributed by atoms with Crippen molar-refractivity contribution in [3.05, 3.63) is 23.9 Å². The van der Waals surface area contributed by atoms with Gasteiger partial charge < -0.3 is 10.1 Å². The van der Waals surface area contributed by atoms with Crippen LogP contribution in [0.3, 0.4) is 0 Å². The molecule has 8 heteroatoms. The van der Waals surface area contributed by atoms with Crippen molar-refractivity contribution in [2.75, 3.05) is 19.7 Å². The Morgan fingerprint density at radius 1 is 1.31 bits per heavy atom. The van der Waals surface area contributed by atoms with Crippen LogP contribution < -0.4 is 15.4 Å². The van der Waals surface area contributed by atoms with Gasteiger partial charge in [-0.2, -0.15) is 5.10 Å². The molecule has 0 bridgehead atoms. The van der Waals surface area contributed by atoms with Crippen molar-refractivity contribution in [3.8, 4) is 5.75 Å². The number of aryl methyl sites for hydroxylation is 1. The van der Waals surface area contributed by atoms with Gasteiger partial charge >= 0.3 is 0 Å². The zero-order chi connectivity index (χ0) is 17.4. The van der Waals surface area contributed by atoms with E-state index in [2.05, 4.69) is 15.7 Å². The molecule has 26 heavy (non-hydrogen) atoms.